The minimum Gasteiger partial charge on any atom is -0.346 e. The lowest BCUT2D eigenvalue weighted by Crippen LogP contribution is -2.42. The van der Waals surface area contributed by atoms with Gasteiger partial charge in [-0.1, -0.05) is 12.1 Å². The van der Waals surface area contributed by atoms with E-state index in [4.69, 9.17) is 0 Å². The van der Waals surface area contributed by atoms with Crippen molar-refractivity contribution >= 4 is 5.91 Å². The van der Waals surface area contributed by atoms with Crippen LogP contribution in [0.25, 0.3) is 0 Å². The Hall–Kier alpha value is -1.42. The zero-order chi connectivity index (χ0) is 13.3. The maximum absolute atomic E-state index is 13.3. The molecule has 2 N–H and O–H groups in total. The van der Waals surface area contributed by atoms with E-state index in [9.17, 15) is 9.18 Å². The molecule has 1 aromatic carbocycles. The molecule has 0 atom stereocenters. The summed E-state index contributed by atoms with van der Waals surface area (Å²) in [5.41, 5.74) is 0.596. The predicted molar refractivity (Wildman–Crippen MR) is 71.0 cm³/mol. The van der Waals surface area contributed by atoms with E-state index >= 15 is 0 Å². The molecule has 3 rings (SSSR count). The summed E-state index contributed by atoms with van der Waals surface area (Å²) < 4.78 is 13.3. The summed E-state index contributed by atoms with van der Waals surface area (Å²) in [6.45, 7) is 1.82. The number of halogens is 1. The summed E-state index contributed by atoms with van der Waals surface area (Å²) in [6.07, 6.45) is 3.61. The van der Waals surface area contributed by atoms with Gasteiger partial charge in [0.25, 0.3) is 0 Å². The van der Waals surface area contributed by atoms with Gasteiger partial charge in [0.2, 0.25) is 5.91 Å². The molecule has 1 saturated heterocycles. The van der Waals surface area contributed by atoms with Gasteiger partial charge in [0, 0.05) is 5.92 Å². The Morgan fingerprint density at radius 1 is 1.32 bits per heavy atom. The molecule has 1 heterocycles. The van der Waals surface area contributed by atoms with Crippen LogP contribution in [0.3, 0.4) is 0 Å². The second-order valence-corrected chi connectivity index (χ2v) is 5.61. The van der Waals surface area contributed by atoms with Gasteiger partial charge in [-0.05, 0) is 56.5 Å². The Bertz CT molecular complexity index is 479. The molecule has 2 fully saturated rings. The number of hydrogen-bond donors (Lipinski definition) is 2. The van der Waals surface area contributed by atoms with Crippen molar-refractivity contribution in [3.8, 4) is 0 Å². The second kappa shape index (κ2) is 4.93. The molecule has 1 aliphatic carbocycles. The zero-order valence-corrected chi connectivity index (χ0v) is 10.9. The summed E-state index contributed by atoms with van der Waals surface area (Å²) in [6, 6.07) is 6.59. The maximum atomic E-state index is 13.3. The molecule has 0 spiro atoms. The van der Waals surface area contributed by atoms with Crippen molar-refractivity contribution in [2.45, 2.75) is 31.2 Å². The van der Waals surface area contributed by atoms with Gasteiger partial charge in [0.05, 0.1) is 5.54 Å². The zero-order valence-electron chi connectivity index (χ0n) is 10.9. The van der Waals surface area contributed by atoms with Crippen LogP contribution in [-0.2, 0) is 10.3 Å². The van der Waals surface area contributed by atoms with Crippen LogP contribution < -0.4 is 10.6 Å². The number of nitrogens with one attached hydrogen (secondary N) is 2. The molecule has 0 radical (unpaired) electrons. The first-order valence-electron chi connectivity index (χ1n) is 6.98. The highest BCUT2D eigenvalue weighted by atomic mass is 19.1. The number of piperidine rings is 1. The molecule has 2 aliphatic rings. The summed E-state index contributed by atoms with van der Waals surface area (Å²) in [4.78, 5) is 12.3. The van der Waals surface area contributed by atoms with E-state index in [0.717, 1.165) is 44.3 Å². The van der Waals surface area contributed by atoms with Gasteiger partial charge in [-0.15, -0.1) is 0 Å². The molecule has 1 amide bonds. The lowest BCUT2D eigenvalue weighted by Gasteiger charge is -2.25. The largest absolute Gasteiger partial charge is 0.346 e. The van der Waals surface area contributed by atoms with Crippen LogP contribution in [0, 0.1) is 11.7 Å². The third kappa shape index (κ3) is 2.63. The first kappa shape index (κ1) is 12.6. The third-order valence-electron chi connectivity index (χ3n) is 4.20. The minimum absolute atomic E-state index is 0.104. The first-order valence-corrected chi connectivity index (χ1v) is 6.98. The van der Waals surface area contributed by atoms with Gasteiger partial charge < -0.3 is 10.6 Å². The standard InChI is InChI=1S/C15H19FN2O/c16-13-3-1-2-12(10-13)15(6-7-15)18-14(19)11-4-8-17-9-5-11/h1-3,10-11,17H,4-9H2,(H,18,19). The quantitative estimate of drug-likeness (QED) is 0.874. The minimum atomic E-state index is -0.302. The van der Waals surface area contributed by atoms with Gasteiger partial charge in [-0.25, -0.2) is 4.39 Å². The average Bonchev–Trinajstić information content (AvgIpc) is 3.21. The van der Waals surface area contributed by atoms with Gasteiger partial charge >= 0.3 is 0 Å². The van der Waals surface area contributed by atoms with Crippen LogP contribution in [0.2, 0.25) is 0 Å². The highest BCUT2D eigenvalue weighted by Crippen LogP contribution is 2.45. The molecule has 1 aliphatic heterocycles. The van der Waals surface area contributed by atoms with Crippen LogP contribution >= 0.6 is 0 Å². The fourth-order valence-electron chi connectivity index (χ4n) is 2.82. The van der Waals surface area contributed by atoms with Crippen molar-refractivity contribution in [1.29, 1.82) is 0 Å². The van der Waals surface area contributed by atoms with Crippen LogP contribution in [0.15, 0.2) is 24.3 Å². The Labute approximate surface area is 112 Å². The van der Waals surface area contributed by atoms with E-state index in [2.05, 4.69) is 10.6 Å². The Morgan fingerprint density at radius 2 is 2.05 bits per heavy atom. The van der Waals surface area contributed by atoms with E-state index in [1.165, 1.54) is 12.1 Å². The molecule has 0 unspecified atom stereocenters. The lowest BCUT2D eigenvalue weighted by atomic mass is 9.95. The molecule has 0 aromatic heterocycles. The summed E-state index contributed by atoms with van der Waals surface area (Å²) in [5, 5.41) is 6.40. The van der Waals surface area contributed by atoms with Crippen LogP contribution in [0.5, 0.6) is 0 Å². The smallest absolute Gasteiger partial charge is 0.223 e. The maximum Gasteiger partial charge on any atom is 0.223 e. The number of amides is 1. The number of carbonyl (C=O) groups is 1. The van der Waals surface area contributed by atoms with Crippen molar-refractivity contribution in [3.05, 3.63) is 35.6 Å². The van der Waals surface area contributed by atoms with Gasteiger partial charge in [0.1, 0.15) is 5.82 Å². The highest BCUT2D eigenvalue weighted by molar-refractivity contribution is 5.80. The summed E-state index contributed by atoms with van der Waals surface area (Å²) >= 11 is 0. The molecule has 4 heteroatoms. The van der Waals surface area contributed by atoms with E-state index in [1.54, 1.807) is 6.07 Å². The monoisotopic (exact) mass is 262 g/mol. The summed E-state index contributed by atoms with van der Waals surface area (Å²) in [5.74, 6) is -0.00423. The number of rotatable bonds is 3. The highest BCUT2D eigenvalue weighted by Gasteiger charge is 2.46. The first-order chi connectivity index (χ1) is 9.20. The van der Waals surface area contributed by atoms with Crippen molar-refractivity contribution < 1.29 is 9.18 Å². The normalized spacial score (nSPS) is 21.9. The van der Waals surface area contributed by atoms with Crippen LogP contribution in [0.4, 0.5) is 4.39 Å². The summed E-state index contributed by atoms with van der Waals surface area (Å²) in [7, 11) is 0. The number of carbonyl (C=O) groups excluding carboxylic acids is 1. The van der Waals surface area contributed by atoms with Crippen molar-refractivity contribution in [2.75, 3.05) is 13.1 Å². The van der Waals surface area contributed by atoms with Crippen LogP contribution in [-0.4, -0.2) is 19.0 Å². The van der Waals surface area contributed by atoms with E-state index in [0.29, 0.717) is 0 Å². The van der Waals surface area contributed by atoms with Crippen LogP contribution in [0.1, 0.15) is 31.2 Å². The van der Waals surface area contributed by atoms with E-state index in [1.807, 2.05) is 6.07 Å². The topological polar surface area (TPSA) is 41.1 Å². The fraction of sp³-hybridized carbons (Fsp3) is 0.533. The predicted octanol–water partition coefficient (Wildman–Crippen LogP) is 1.93. The molecule has 102 valence electrons. The fourth-order valence-corrected chi connectivity index (χ4v) is 2.82. The lowest BCUT2D eigenvalue weighted by molar-refractivity contribution is -0.126. The molecular formula is C15H19FN2O. The third-order valence-corrected chi connectivity index (χ3v) is 4.20. The molecule has 1 saturated carbocycles. The van der Waals surface area contributed by atoms with Crippen molar-refractivity contribution in [3.63, 3.8) is 0 Å². The van der Waals surface area contributed by atoms with Gasteiger partial charge in [0.15, 0.2) is 0 Å². The average molecular weight is 262 g/mol. The Balaban J connectivity index is 1.70. The van der Waals surface area contributed by atoms with Gasteiger partial charge in [-0.3, -0.25) is 4.79 Å². The molecule has 3 nitrogen and oxygen atoms in total. The molecule has 19 heavy (non-hydrogen) atoms. The molecular weight excluding hydrogens is 243 g/mol. The van der Waals surface area contributed by atoms with Crippen molar-refractivity contribution in [2.24, 2.45) is 5.92 Å². The molecule has 1 aromatic rings. The number of hydrogen-bond acceptors (Lipinski definition) is 2. The Morgan fingerprint density at radius 3 is 2.68 bits per heavy atom. The Kier molecular flexibility index (Phi) is 3.27. The number of benzene rings is 1. The molecule has 0 bridgehead atoms. The SMILES string of the molecule is O=C(NC1(c2cccc(F)c2)CC1)C1CCNCC1. The second-order valence-electron chi connectivity index (χ2n) is 5.61. The van der Waals surface area contributed by atoms with E-state index < -0.39 is 0 Å². The van der Waals surface area contributed by atoms with E-state index in [-0.39, 0.29) is 23.2 Å². The van der Waals surface area contributed by atoms with Crippen molar-refractivity contribution in [1.82, 2.24) is 10.6 Å². The van der Waals surface area contributed by atoms with Gasteiger partial charge in [-0.2, -0.15) is 0 Å².